The van der Waals surface area contributed by atoms with Crippen molar-refractivity contribution in [1.82, 2.24) is 10.6 Å². The monoisotopic (exact) mass is 273 g/mol. The van der Waals surface area contributed by atoms with Gasteiger partial charge in [0.05, 0.1) is 0 Å². The van der Waals surface area contributed by atoms with Gasteiger partial charge in [0.15, 0.2) is 0 Å². The van der Waals surface area contributed by atoms with E-state index < -0.39 is 0 Å². The standard InChI is InChI=1S/C16H23N3O/c1-12-11-19(15-8-4-5-9-17-16(15)20)14-7-3-2-6-13(14)10-18-12/h2-3,6-7,12,15,18H,4-5,8-11H2,1H3,(H,17,20). The van der Waals surface area contributed by atoms with E-state index in [4.69, 9.17) is 0 Å². The van der Waals surface area contributed by atoms with Crippen molar-refractivity contribution in [2.45, 2.75) is 44.8 Å². The van der Waals surface area contributed by atoms with Crippen molar-refractivity contribution in [3.05, 3.63) is 29.8 Å². The fraction of sp³-hybridized carbons (Fsp3) is 0.562. The second kappa shape index (κ2) is 5.83. The van der Waals surface area contributed by atoms with E-state index in [0.29, 0.717) is 6.04 Å². The second-order valence-electron chi connectivity index (χ2n) is 5.87. The molecule has 1 aromatic rings. The Bertz CT molecular complexity index is 488. The highest BCUT2D eigenvalue weighted by Crippen LogP contribution is 2.27. The van der Waals surface area contributed by atoms with Crippen LogP contribution in [-0.4, -0.2) is 31.1 Å². The fourth-order valence-corrected chi connectivity index (χ4v) is 3.20. The van der Waals surface area contributed by atoms with E-state index in [-0.39, 0.29) is 11.9 Å². The summed E-state index contributed by atoms with van der Waals surface area (Å²) < 4.78 is 0. The van der Waals surface area contributed by atoms with Crippen LogP contribution in [-0.2, 0) is 11.3 Å². The molecule has 0 aliphatic carbocycles. The summed E-state index contributed by atoms with van der Waals surface area (Å²) in [5.41, 5.74) is 2.50. The van der Waals surface area contributed by atoms with Gasteiger partial charge in [-0.05, 0) is 37.8 Å². The van der Waals surface area contributed by atoms with Gasteiger partial charge in [0.25, 0.3) is 0 Å². The largest absolute Gasteiger partial charge is 0.358 e. The third kappa shape index (κ3) is 2.66. The Morgan fingerprint density at radius 2 is 2.10 bits per heavy atom. The van der Waals surface area contributed by atoms with E-state index >= 15 is 0 Å². The smallest absolute Gasteiger partial charge is 0.242 e. The molecule has 1 amide bonds. The summed E-state index contributed by atoms with van der Waals surface area (Å²) in [6, 6.07) is 8.80. The zero-order valence-electron chi connectivity index (χ0n) is 12.1. The number of nitrogens with zero attached hydrogens (tertiary/aromatic N) is 1. The molecule has 2 unspecified atom stereocenters. The summed E-state index contributed by atoms with van der Waals surface area (Å²) in [5.74, 6) is 0.186. The van der Waals surface area contributed by atoms with Crippen LogP contribution in [0.15, 0.2) is 24.3 Å². The summed E-state index contributed by atoms with van der Waals surface area (Å²) in [4.78, 5) is 14.7. The lowest BCUT2D eigenvalue weighted by atomic mass is 10.1. The normalized spacial score (nSPS) is 27.2. The summed E-state index contributed by atoms with van der Waals surface area (Å²) in [6.45, 7) is 4.77. The van der Waals surface area contributed by atoms with Gasteiger partial charge < -0.3 is 15.5 Å². The zero-order valence-corrected chi connectivity index (χ0v) is 12.1. The summed E-state index contributed by atoms with van der Waals surface area (Å²) in [7, 11) is 0. The first-order valence-electron chi connectivity index (χ1n) is 7.61. The van der Waals surface area contributed by atoms with Crippen LogP contribution in [0.2, 0.25) is 0 Å². The number of carbonyl (C=O) groups excluding carboxylic acids is 1. The molecule has 0 aromatic heterocycles. The van der Waals surface area contributed by atoms with Gasteiger partial charge in [-0.3, -0.25) is 4.79 Å². The number of fused-ring (bicyclic) bond motifs is 1. The Labute approximate surface area is 120 Å². The molecule has 2 aliphatic rings. The number of anilines is 1. The highest BCUT2D eigenvalue weighted by Gasteiger charge is 2.30. The third-order valence-electron chi connectivity index (χ3n) is 4.30. The number of hydrogen-bond acceptors (Lipinski definition) is 3. The Morgan fingerprint density at radius 3 is 3.00 bits per heavy atom. The Balaban J connectivity index is 1.95. The molecule has 4 heteroatoms. The van der Waals surface area contributed by atoms with Crippen LogP contribution >= 0.6 is 0 Å². The Morgan fingerprint density at radius 1 is 1.25 bits per heavy atom. The van der Waals surface area contributed by atoms with Crippen molar-refractivity contribution in [3.63, 3.8) is 0 Å². The molecule has 1 fully saturated rings. The van der Waals surface area contributed by atoms with Crippen molar-refractivity contribution in [1.29, 1.82) is 0 Å². The molecular weight excluding hydrogens is 250 g/mol. The van der Waals surface area contributed by atoms with Gasteiger partial charge in [-0.2, -0.15) is 0 Å². The van der Waals surface area contributed by atoms with Crippen LogP contribution in [0.5, 0.6) is 0 Å². The average molecular weight is 273 g/mol. The van der Waals surface area contributed by atoms with Gasteiger partial charge in [-0.1, -0.05) is 18.2 Å². The van der Waals surface area contributed by atoms with Crippen LogP contribution in [0.25, 0.3) is 0 Å². The van der Waals surface area contributed by atoms with E-state index in [1.54, 1.807) is 0 Å². The van der Waals surface area contributed by atoms with Crippen molar-refractivity contribution in [2.24, 2.45) is 0 Å². The zero-order chi connectivity index (χ0) is 13.9. The maximum absolute atomic E-state index is 12.4. The highest BCUT2D eigenvalue weighted by atomic mass is 16.2. The van der Waals surface area contributed by atoms with Gasteiger partial charge in [0.1, 0.15) is 6.04 Å². The quantitative estimate of drug-likeness (QED) is 0.818. The number of hydrogen-bond donors (Lipinski definition) is 2. The molecule has 4 nitrogen and oxygen atoms in total. The van der Waals surface area contributed by atoms with E-state index in [1.807, 2.05) is 0 Å². The molecule has 0 bridgehead atoms. The average Bonchev–Trinajstić information content (AvgIpc) is 2.76. The molecule has 3 rings (SSSR count). The Kier molecular flexibility index (Phi) is 3.92. The molecule has 2 N–H and O–H groups in total. The topological polar surface area (TPSA) is 44.4 Å². The molecule has 2 aliphatic heterocycles. The van der Waals surface area contributed by atoms with Crippen LogP contribution in [0.4, 0.5) is 5.69 Å². The molecule has 2 atom stereocenters. The molecule has 1 aromatic carbocycles. The Hall–Kier alpha value is -1.55. The van der Waals surface area contributed by atoms with Crippen LogP contribution < -0.4 is 15.5 Å². The van der Waals surface area contributed by atoms with E-state index in [0.717, 1.165) is 38.9 Å². The SMILES string of the molecule is CC1CN(C2CCCCNC2=O)c2ccccc2CN1. The first kappa shape index (κ1) is 13.4. The molecule has 0 saturated carbocycles. The minimum atomic E-state index is -0.0269. The van der Waals surface area contributed by atoms with Crippen LogP contribution in [0, 0.1) is 0 Å². The molecule has 108 valence electrons. The van der Waals surface area contributed by atoms with E-state index in [2.05, 4.69) is 46.7 Å². The molecule has 0 spiro atoms. The van der Waals surface area contributed by atoms with Crippen LogP contribution in [0.3, 0.4) is 0 Å². The molecule has 1 saturated heterocycles. The molecule has 20 heavy (non-hydrogen) atoms. The number of benzene rings is 1. The number of rotatable bonds is 1. The lowest BCUT2D eigenvalue weighted by Gasteiger charge is -2.33. The lowest BCUT2D eigenvalue weighted by molar-refractivity contribution is -0.122. The third-order valence-corrected chi connectivity index (χ3v) is 4.30. The van der Waals surface area contributed by atoms with Crippen molar-refractivity contribution in [2.75, 3.05) is 18.0 Å². The molecular formula is C16H23N3O. The lowest BCUT2D eigenvalue weighted by Crippen LogP contribution is -2.49. The maximum atomic E-state index is 12.4. The van der Waals surface area contributed by atoms with Crippen molar-refractivity contribution in [3.8, 4) is 0 Å². The predicted molar refractivity (Wildman–Crippen MR) is 80.7 cm³/mol. The minimum absolute atomic E-state index is 0.0269. The number of carbonyl (C=O) groups is 1. The van der Waals surface area contributed by atoms with E-state index in [1.165, 1.54) is 11.3 Å². The number of para-hydroxylation sites is 1. The van der Waals surface area contributed by atoms with Gasteiger partial charge in [-0.15, -0.1) is 0 Å². The fourth-order valence-electron chi connectivity index (χ4n) is 3.20. The predicted octanol–water partition coefficient (Wildman–Crippen LogP) is 1.65. The van der Waals surface area contributed by atoms with Gasteiger partial charge in [0.2, 0.25) is 5.91 Å². The number of nitrogens with one attached hydrogen (secondary N) is 2. The van der Waals surface area contributed by atoms with Crippen molar-refractivity contribution >= 4 is 11.6 Å². The first-order valence-corrected chi connectivity index (χ1v) is 7.61. The molecule has 2 heterocycles. The first-order chi connectivity index (χ1) is 9.75. The second-order valence-corrected chi connectivity index (χ2v) is 5.87. The molecule has 0 radical (unpaired) electrons. The van der Waals surface area contributed by atoms with Crippen molar-refractivity contribution < 1.29 is 4.79 Å². The number of amides is 1. The summed E-state index contributed by atoms with van der Waals surface area (Å²) in [5, 5.41) is 6.58. The van der Waals surface area contributed by atoms with E-state index in [9.17, 15) is 4.79 Å². The highest BCUT2D eigenvalue weighted by molar-refractivity contribution is 5.86. The maximum Gasteiger partial charge on any atom is 0.242 e. The minimum Gasteiger partial charge on any atom is -0.358 e. The van der Waals surface area contributed by atoms with Gasteiger partial charge >= 0.3 is 0 Å². The summed E-state index contributed by atoms with van der Waals surface area (Å²) in [6.07, 6.45) is 3.16. The summed E-state index contributed by atoms with van der Waals surface area (Å²) >= 11 is 0. The van der Waals surface area contributed by atoms with Gasteiger partial charge in [-0.25, -0.2) is 0 Å². The van der Waals surface area contributed by atoms with Gasteiger partial charge in [0, 0.05) is 31.4 Å². The van der Waals surface area contributed by atoms with Crippen LogP contribution in [0.1, 0.15) is 31.7 Å².